The van der Waals surface area contributed by atoms with Crippen molar-refractivity contribution in [3.63, 3.8) is 0 Å². The topological polar surface area (TPSA) is 92.7 Å². The monoisotopic (exact) mass is 399 g/mol. The number of allylic oxidation sites excluding steroid dienone is 2. The van der Waals surface area contributed by atoms with Gasteiger partial charge in [-0.3, -0.25) is 4.79 Å². The van der Waals surface area contributed by atoms with Crippen molar-refractivity contribution in [1.29, 1.82) is 0 Å². The molecule has 0 spiro atoms. The maximum atomic E-state index is 12.8. The van der Waals surface area contributed by atoms with Gasteiger partial charge in [0.15, 0.2) is 0 Å². The molecule has 3 unspecified atom stereocenters. The van der Waals surface area contributed by atoms with Gasteiger partial charge in [-0.1, -0.05) is 51.1 Å². The molecule has 1 aromatic rings. The highest BCUT2D eigenvalue weighted by Crippen LogP contribution is 2.41. The van der Waals surface area contributed by atoms with Gasteiger partial charge in [-0.15, -0.1) is 0 Å². The summed E-state index contributed by atoms with van der Waals surface area (Å²) < 4.78 is 4.69. The van der Waals surface area contributed by atoms with Crippen molar-refractivity contribution in [2.75, 3.05) is 0 Å². The SMILES string of the molecule is CC(CC(=O)C1C(C)C=CCC1(C)C)NC(=O)OC(=O)C=Cc1ccccc1O. The van der Waals surface area contributed by atoms with Crippen molar-refractivity contribution < 1.29 is 24.2 Å². The fourth-order valence-corrected chi connectivity index (χ4v) is 3.89. The Hall–Kier alpha value is -2.89. The number of aromatic hydroxyl groups is 1. The average molecular weight is 399 g/mol. The first kappa shape index (κ1) is 22.4. The van der Waals surface area contributed by atoms with Gasteiger partial charge in [-0.25, -0.2) is 9.59 Å². The molecule has 6 nitrogen and oxygen atoms in total. The summed E-state index contributed by atoms with van der Waals surface area (Å²) in [4.78, 5) is 36.5. The number of esters is 1. The fourth-order valence-electron chi connectivity index (χ4n) is 3.89. The number of Topliss-reactive ketones (excluding diaryl/α,β-unsaturated/α-hetero) is 1. The Balaban J connectivity index is 1.85. The highest BCUT2D eigenvalue weighted by molar-refractivity contribution is 5.94. The summed E-state index contributed by atoms with van der Waals surface area (Å²) in [5, 5.41) is 12.2. The minimum absolute atomic E-state index is 0.0165. The smallest absolute Gasteiger partial charge is 0.415 e. The molecule has 0 saturated heterocycles. The van der Waals surface area contributed by atoms with E-state index in [1.807, 2.05) is 6.92 Å². The van der Waals surface area contributed by atoms with Crippen LogP contribution in [0.5, 0.6) is 5.75 Å². The number of para-hydroxylation sites is 1. The van der Waals surface area contributed by atoms with E-state index < -0.39 is 18.1 Å². The third-order valence-electron chi connectivity index (χ3n) is 5.20. The summed E-state index contributed by atoms with van der Waals surface area (Å²) in [6, 6.07) is 6.02. The molecule has 3 atom stereocenters. The number of ether oxygens (including phenoxy) is 1. The number of alkyl carbamates (subject to hydrolysis) is 1. The van der Waals surface area contributed by atoms with Crippen LogP contribution >= 0.6 is 0 Å². The van der Waals surface area contributed by atoms with Crippen LogP contribution in [0.25, 0.3) is 6.08 Å². The Morgan fingerprint density at radius 2 is 2.00 bits per heavy atom. The molecule has 0 heterocycles. The summed E-state index contributed by atoms with van der Waals surface area (Å²) in [6.45, 7) is 7.90. The number of hydrogen-bond acceptors (Lipinski definition) is 5. The van der Waals surface area contributed by atoms with Gasteiger partial charge in [0.2, 0.25) is 0 Å². The van der Waals surface area contributed by atoms with E-state index in [1.54, 1.807) is 25.1 Å². The maximum absolute atomic E-state index is 12.8. The number of rotatable bonds is 6. The summed E-state index contributed by atoms with van der Waals surface area (Å²) in [6.07, 6.45) is 6.70. The molecule has 0 aliphatic heterocycles. The predicted molar refractivity (Wildman–Crippen MR) is 111 cm³/mol. The van der Waals surface area contributed by atoms with Crippen LogP contribution in [-0.4, -0.2) is 29.0 Å². The average Bonchev–Trinajstić information content (AvgIpc) is 2.59. The molecule has 1 aromatic carbocycles. The molecule has 0 aromatic heterocycles. The number of benzene rings is 1. The van der Waals surface area contributed by atoms with Crippen LogP contribution in [0, 0.1) is 17.3 Å². The highest BCUT2D eigenvalue weighted by Gasteiger charge is 2.39. The Morgan fingerprint density at radius 1 is 1.31 bits per heavy atom. The van der Waals surface area contributed by atoms with Gasteiger partial charge in [-0.2, -0.15) is 0 Å². The zero-order chi connectivity index (χ0) is 21.6. The molecule has 6 heteroatoms. The second kappa shape index (κ2) is 9.54. The van der Waals surface area contributed by atoms with Crippen LogP contribution in [0.2, 0.25) is 0 Å². The van der Waals surface area contributed by atoms with Gasteiger partial charge in [0.05, 0.1) is 0 Å². The van der Waals surface area contributed by atoms with Gasteiger partial charge < -0.3 is 15.2 Å². The Kier molecular flexibility index (Phi) is 7.37. The Bertz CT molecular complexity index is 824. The number of hydrogen-bond donors (Lipinski definition) is 2. The summed E-state index contributed by atoms with van der Waals surface area (Å²) in [5.41, 5.74) is 0.303. The summed E-state index contributed by atoms with van der Waals surface area (Å²) in [5.74, 6) is -0.730. The van der Waals surface area contributed by atoms with E-state index in [4.69, 9.17) is 4.74 Å². The number of carbonyl (C=O) groups excluding carboxylic acids is 3. The number of nitrogens with one attached hydrogen (secondary N) is 1. The molecule has 2 N–H and O–H groups in total. The van der Waals surface area contributed by atoms with Crippen LogP contribution < -0.4 is 5.32 Å². The number of phenolic OH excluding ortho intramolecular Hbond substituents is 1. The normalized spacial score (nSPS) is 21.5. The Labute approximate surface area is 171 Å². The first-order valence-corrected chi connectivity index (χ1v) is 9.78. The van der Waals surface area contributed by atoms with Gasteiger partial charge in [0, 0.05) is 30.0 Å². The molecule has 2 rings (SSSR count). The van der Waals surface area contributed by atoms with Crippen LogP contribution in [0.1, 0.15) is 46.1 Å². The molecule has 29 heavy (non-hydrogen) atoms. The van der Waals surface area contributed by atoms with Gasteiger partial charge in [0.1, 0.15) is 11.5 Å². The van der Waals surface area contributed by atoms with Crippen LogP contribution in [-0.2, 0) is 14.3 Å². The van der Waals surface area contributed by atoms with Crippen molar-refractivity contribution in [2.24, 2.45) is 17.3 Å². The second-order valence-electron chi connectivity index (χ2n) is 8.27. The molecule has 156 valence electrons. The largest absolute Gasteiger partial charge is 0.507 e. The molecular formula is C23H29NO5. The first-order chi connectivity index (χ1) is 13.6. The lowest BCUT2D eigenvalue weighted by Gasteiger charge is -2.39. The standard InChI is InChI=1S/C23H29NO5/c1-15-8-7-13-23(3,4)21(15)19(26)14-16(2)24-22(28)29-20(27)12-11-17-9-5-6-10-18(17)25/h5-12,15-16,21,25H,13-14H2,1-4H3,(H,24,28). The maximum Gasteiger partial charge on any atom is 0.415 e. The summed E-state index contributed by atoms with van der Waals surface area (Å²) >= 11 is 0. The molecule has 0 radical (unpaired) electrons. The first-order valence-electron chi connectivity index (χ1n) is 9.78. The quantitative estimate of drug-likeness (QED) is 0.323. The Morgan fingerprint density at radius 3 is 2.66 bits per heavy atom. The zero-order valence-corrected chi connectivity index (χ0v) is 17.3. The lowest BCUT2D eigenvalue weighted by molar-refractivity contribution is -0.131. The van der Waals surface area contributed by atoms with Crippen molar-refractivity contribution in [3.05, 3.63) is 48.1 Å². The van der Waals surface area contributed by atoms with Crippen LogP contribution in [0.4, 0.5) is 4.79 Å². The summed E-state index contributed by atoms with van der Waals surface area (Å²) in [7, 11) is 0. The molecule has 0 fully saturated rings. The number of amides is 1. The van der Waals surface area contributed by atoms with Crippen molar-refractivity contribution in [1.82, 2.24) is 5.32 Å². The van der Waals surface area contributed by atoms with E-state index in [-0.39, 0.29) is 35.2 Å². The molecule has 0 saturated carbocycles. The van der Waals surface area contributed by atoms with E-state index >= 15 is 0 Å². The molecule has 0 bridgehead atoms. The lowest BCUT2D eigenvalue weighted by Crippen LogP contribution is -2.41. The molecule has 1 amide bonds. The molecule has 1 aliphatic carbocycles. The van der Waals surface area contributed by atoms with Crippen LogP contribution in [0.3, 0.4) is 0 Å². The van der Waals surface area contributed by atoms with Crippen molar-refractivity contribution >= 4 is 23.9 Å². The predicted octanol–water partition coefficient (Wildman–Crippen LogP) is 4.24. The van der Waals surface area contributed by atoms with E-state index in [0.717, 1.165) is 12.5 Å². The lowest BCUT2D eigenvalue weighted by atomic mass is 9.65. The second-order valence-corrected chi connectivity index (χ2v) is 8.27. The molecular weight excluding hydrogens is 370 g/mol. The van der Waals surface area contributed by atoms with Gasteiger partial charge in [0.25, 0.3) is 0 Å². The third kappa shape index (κ3) is 6.31. The zero-order valence-electron chi connectivity index (χ0n) is 17.3. The third-order valence-corrected chi connectivity index (χ3v) is 5.20. The number of phenols is 1. The van der Waals surface area contributed by atoms with E-state index in [2.05, 4.69) is 31.3 Å². The van der Waals surface area contributed by atoms with Gasteiger partial charge in [-0.05, 0) is 36.8 Å². The van der Waals surface area contributed by atoms with E-state index in [9.17, 15) is 19.5 Å². The minimum Gasteiger partial charge on any atom is -0.507 e. The van der Waals surface area contributed by atoms with Crippen molar-refractivity contribution in [3.8, 4) is 5.75 Å². The van der Waals surface area contributed by atoms with Crippen LogP contribution in [0.15, 0.2) is 42.5 Å². The number of ketones is 1. The fraction of sp³-hybridized carbons (Fsp3) is 0.435. The minimum atomic E-state index is -0.909. The number of carbonyl (C=O) groups is 3. The van der Waals surface area contributed by atoms with Gasteiger partial charge >= 0.3 is 12.1 Å². The van der Waals surface area contributed by atoms with E-state index in [0.29, 0.717) is 5.56 Å². The van der Waals surface area contributed by atoms with Crippen molar-refractivity contribution in [2.45, 2.75) is 46.6 Å². The molecule has 1 aliphatic rings. The highest BCUT2D eigenvalue weighted by atomic mass is 16.6. The van der Waals surface area contributed by atoms with E-state index in [1.165, 1.54) is 12.1 Å².